The first-order valence-corrected chi connectivity index (χ1v) is 7.52. The average Bonchev–Trinajstić information content (AvgIpc) is 2.52. The molecule has 0 aliphatic heterocycles. The van der Waals surface area contributed by atoms with Gasteiger partial charge >= 0.3 is 24.0 Å². The van der Waals surface area contributed by atoms with E-state index >= 15 is 0 Å². The van der Waals surface area contributed by atoms with Crippen LogP contribution in [0.5, 0.6) is 0 Å². The smallest absolute Gasteiger partial charge is 0.471 e. The Bertz CT molecular complexity index is 571. The molecular weight excluding hydrogens is 387 g/mol. The molecule has 0 saturated heterocycles. The number of nitrogens with one attached hydrogen (secondary N) is 3. The van der Waals surface area contributed by atoms with Crippen LogP contribution in [0.2, 0.25) is 0 Å². The molecule has 148 valence electrons. The summed E-state index contributed by atoms with van der Waals surface area (Å²) in [7, 11) is 0. The first-order valence-electron chi connectivity index (χ1n) is 6.88. The molecule has 0 spiro atoms. The molecule has 0 rings (SSSR count). The normalized spacial score (nSPS) is 13.2. The van der Waals surface area contributed by atoms with Crippen LogP contribution in [0, 0.1) is 0 Å². The maximum absolute atomic E-state index is 12.1. The molecule has 0 saturated carbocycles. The van der Waals surface area contributed by atoms with E-state index in [-0.39, 0.29) is 5.75 Å². The summed E-state index contributed by atoms with van der Waals surface area (Å²) in [4.78, 5) is 55.3. The van der Waals surface area contributed by atoms with Crippen LogP contribution in [0.25, 0.3) is 0 Å². The van der Waals surface area contributed by atoms with Gasteiger partial charge in [0.25, 0.3) is 0 Å². The highest BCUT2D eigenvalue weighted by atomic mass is 32.1. The zero-order valence-corrected chi connectivity index (χ0v) is 13.9. The topological polar surface area (TPSA) is 162 Å². The third-order valence-electron chi connectivity index (χ3n) is 2.77. The molecule has 0 radical (unpaired) electrons. The number of hydrogen-bond acceptors (Lipinski definition) is 6. The van der Waals surface area contributed by atoms with E-state index in [1.165, 1.54) is 5.32 Å². The summed E-state index contributed by atoms with van der Waals surface area (Å²) < 4.78 is 36.4. The van der Waals surface area contributed by atoms with Crippen LogP contribution in [-0.2, 0) is 24.0 Å². The molecule has 0 heterocycles. The number of halogens is 3. The van der Waals surface area contributed by atoms with E-state index in [0.29, 0.717) is 0 Å². The van der Waals surface area contributed by atoms with Crippen molar-refractivity contribution in [1.29, 1.82) is 0 Å². The molecule has 0 bridgehead atoms. The second kappa shape index (κ2) is 10.5. The Labute approximate surface area is 149 Å². The lowest BCUT2D eigenvalue weighted by molar-refractivity contribution is -0.175. The number of alkyl halides is 3. The summed E-state index contributed by atoms with van der Waals surface area (Å²) in [5.74, 6) is -7.55. The third-order valence-corrected chi connectivity index (χ3v) is 3.13. The molecule has 0 aromatic heterocycles. The minimum Gasteiger partial charge on any atom is -0.480 e. The van der Waals surface area contributed by atoms with Crippen molar-refractivity contribution in [2.45, 2.75) is 31.1 Å². The highest BCUT2D eigenvalue weighted by molar-refractivity contribution is 7.80. The molecule has 0 aliphatic carbocycles. The van der Waals surface area contributed by atoms with Crippen molar-refractivity contribution < 1.29 is 47.4 Å². The molecule has 0 fully saturated rings. The molecule has 5 N–H and O–H groups in total. The highest BCUT2D eigenvalue weighted by Gasteiger charge is 2.40. The molecule has 0 aromatic carbocycles. The zero-order chi connectivity index (χ0) is 20.5. The van der Waals surface area contributed by atoms with Crippen LogP contribution in [0.1, 0.15) is 12.8 Å². The molecule has 3 amide bonds. The van der Waals surface area contributed by atoms with E-state index in [2.05, 4.69) is 17.9 Å². The third kappa shape index (κ3) is 9.10. The van der Waals surface area contributed by atoms with Gasteiger partial charge in [0, 0.05) is 12.2 Å². The van der Waals surface area contributed by atoms with Crippen LogP contribution in [0.3, 0.4) is 0 Å². The van der Waals surface area contributed by atoms with E-state index in [9.17, 15) is 37.1 Å². The lowest BCUT2D eigenvalue weighted by atomic mass is 10.1. The fourth-order valence-electron chi connectivity index (χ4n) is 1.52. The molecule has 0 unspecified atom stereocenters. The minimum atomic E-state index is -5.28. The van der Waals surface area contributed by atoms with Gasteiger partial charge in [0.05, 0.1) is 0 Å². The fourth-order valence-corrected chi connectivity index (χ4v) is 1.78. The number of hydrogen-bond donors (Lipinski definition) is 6. The predicted octanol–water partition coefficient (Wildman–Crippen LogP) is -1.49. The maximum Gasteiger partial charge on any atom is 0.471 e. The van der Waals surface area contributed by atoms with Gasteiger partial charge in [0.1, 0.15) is 18.6 Å². The predicted molar refractivity (Wildman–Crippen MR) is 81.3 cm³/mol. The van der Waals surface area contributed by atoms with Gasteiger partial charge in [-0.2, -0.15) is 25.8 Å². The largest absolute Gasteiger partial charge is 0.480 e. The van der Waals surface area contributed by atoms with Gasteiger partial charge in [-0.25, -0.2) is 4.79 Å². The number of carboxylic acids is 2. The lowest BCUT2D eigenvalue weighted by Gasteiger charge is -2.18. The first-order chi connectivity index (χ1) is 11.9. The second-order valence-corrected chi connectivity index (χ2v) is 5.18. The Morgan fingerprint density at radius 1 is 1.00 bits per heavy atom. The van der Waals surface area contributed by atoms with Crippen LogP contribution in [0.15, 0.2) is 0 Å². The summed E-state index contributed by atoms with van der Waals surface area (Å²) in [6, 6.07) is -3.21. The summed E-state index contributed by atoms with van der Waals surface area (Å²) >= 11 is 3.79. The van der Waals surface area contributed by atoms with Crippen LogP contribution in [0.4, 0.5) is 13.2 Å². The van der Waals surface area contributed by atoms with Crippen molar-refractivity contribution in [3.63, 3.8) is 0 Å². The van der Waals surface area contributed by atoms with E-state index in [0.717, 1.165) is 0 Å². The highest BCUT2D eigenvalue weighted by Crippen LogP contribution is 2.15. The quantitative estimate of drug-likeness (QED) is 0.242. The first kappa shape index (κ1) is 23.5. The van der Waals surface area contributed by atoms with Gasteiger partial charge in [0.2, 0.25) is 11.8 Å². The van der Waals surface area contributed by atoms with Gasteiger partial charge in [-0.1, -0.05) is 0 Å². The van der Waals surface area contributed by atoms with Gasteiger partial charge in [-0.05, 0) is 6.42 Å². The van der Waals surface area contributed by atoms with Crippen molar-refractivity contribution >= 4 is 42.3 Å². The number of carbonyl (C=O) groups is 5. The Morgan fingerprint density at radius 2 is 1.58 bits per heavy atom. The van der Waals surface area contributed by atoms with Gasteiger partial charge in [0.15, 0.2) is 0 Å². The van der Waals surface area contributed by atoms with Crippen molar-refractivity contribution in [3.8, 4) is 0 Å². The Morgan fingerprint density at radius 3 is 2.00 bits per heavy atom. The Hall–Kier alpha value is -2.51. The number of carbonyl (C=O) groups excluding carboxylic acids is 3. The lowest BCUT2D eigenvalue weighted by Crippen LogP contribution is -2.50. The number of thiol groups is 1. The zero-order valence-electron chi connectivity index (χ0n) is 13.0. The van der Waals surface area contributed by atoms with Crippen molar-refractivity contribution in [2.75, 3.05) is 12.3 Å². The SMILES string of the molecule is O=C(O)CNC(=O)[C@H](CS)NC(=O)CC[C@H](NC(=O)C(F)(F)F)C(=O)O. The number of amides is 3. The monoisotopic (exact) mass is 403 g/mol. The Balaban J connectivity index is 4.62. The molecule has 0 aliphatic rings. The van der Waals surface area contributed by atoms with Gasteiger partial charge < -0.3 is 26.2 Å². The summed E-state index contributed by atoms with van der Waals surface area (Å²) in [5, 5.41) is 22.6. The number of rotatable bonds is 10. The Kier molecular flexibility index (Phi) is 9.46. The summed E-state index contributed by atoms with van der Waals surface area (Å²) in [5.41, 5.74) is 0. The van der Waals surface area contributed by atoms with Crippen LogP contribution < -0.4 is 16.0 Å². The van der Waals surface area contributed by atoms with E-state index < -0.39 is 67.3 Å². The average molecular weight is 403 g/mol. The van der Waals surface area contributed by atoms with Crippen LogP contribution >= 0.6 is 12.6 Å². The van der Waals surface area contributed by atoms with Crippen molar-refractivity contribution in [3.05, 3.63) is 0 Å². The fraction of sp³-hybridized carbons (Fsp3) is 0.583. The second-order valence-electron chi connectivity index (χ2n) is 4.81. The number of aliphatic carboxylic acids is 2. The van der Waals surface area contributed by atoms with E-state index in [1.54, 1.807) is 0 Å². The maximum atomic E-state index is 12.1. The summed E-state index contributed by atoms with van der Waals surface area (Å²) in [6.45, 7) is -0.705. The molecule has 26 heavy (non-hydrogen) atoms. The van der Waals surface area contributed by atoms with Gasteiger partial charge in [-0.3, -0.25) is 19.2 Å². The van der Waals surface area contributed by atoms with Crippen LogP contribution in [-0.4, -0.2) is 70.4 Å². The minimum absolute atomic E-state index is 0.218. The summed E-state index contributed by atoms with van der Waals surface area (Å²) in [6.07, 6.45) is -6.57. The van der Waals surface area contributed by atoms with E-state index in [1.807, 2.05) is 5.32 Å². The molecular formula is C12H16F3N3O7S. The van der Waals surface area contributed by atoms with Crippen molar-refractivity contribution in [2.24, 2.45) is 0 Å². The standard InChI is InChI=1S/C12H16F3N3O7S/c13-12(14,15)11(25)18-5(10(23)24)1-2-7(19)17-6(4-26)9(22)16-3-8(20)21/h5-6,26H,1-4H2,(H,16,22)(H,17,19)(H,18,25)(H,20,21)(H,23,24)/t5-,6-/m0/s1. The van der Waals surface area contributed by atoms with Crippen molar-refractivity contribution in [1.82, 2.24) is 16.0 Å². The molecule has 10 nitrogen and oxygen atoms in total. The molecule has 14 heteroatoms. The molecule has 2 atom stereocenters. The molecule has 0 aromatic rings. The van der Waals surface area contributed by atoms with E-state index in [4.69, 9.17) is 10.2 Å². The van der Waals surface area contributed by atoms with Gasteiger partial charge in [-0.15, -0.1) is 0 Å². The number of carboxylic acid groups (broad SMARTS) is 2.